The van der Waals surface area contributed by atoms with Gasteiger partial charge in [0.05, 0.1) is 0 Å². The van der Waals surface area contributed by atoms with Gasteiger partial charge in [0, 0.05) is 19.6 Å². The molecule has 1 fully saturated rings. The first-order valence-electron chi connectivity index (χ1n) is 7.79. The summed E-state index contributed by atoms with van der Waals surface area (Å²) in [6.07, 6.45) is 2.33. The number of rotatable bonds is 6. The molecule has 2 atom stereocenters. The second-order valence-corrected chi connectivity index (χ2v) is 6.20. The molecule has 1 heterocycles. The number of carbonyl (C=O) groups excluding carboxylic acids is 1. The van der Waals surface area contributed by atoms with Crippen molar-refractivity contribution >= 4 is 12.0 Å². The first kappa shape index (κ1) is 17.8. The van der Waals surface area contributed by atoms with Crippen LogP contribution in [0.2, 0.25) is 0 Å². The molecule has 0 spiro atoms. The van der Waals surface area contributed by atoms with Crippen molar-refractivity contribution < 1.29 is 14.7 Å². The van der Waals surface area contributed by atoms with Crippen LogP contribution in [-0.2, 0) is 4.79 Å². The standard InChI is InChI=1S/C15H29N3O3/c1-5-17(9-6-8-16(3)4)15(21)18-10-7-12(2)11-13(18)14(19)20/h12-13H,5-11H2,1-4H3,(H,19,20). The van der Waals surface area contributed by atoms with E-state index in [2.05, 4.69) is 4.90 Å². The number of carboxylic acids is 1. The monoisotopic (exact) mass is 299 g/mol. The van der Waals surface area contributed by atoms with Gasteiger partial charge in [-0.3, -0.25) is 0 Å². The number of urea groups is 1. The van der Waals surface area contributed by atoms with Crippen LogP contribution in [0, 0.1) is 5.92 Å². The number of hydrogen-bond acceptors (Lipinski definition) is 3. The Kier molecular flexibility index (Phi) is 6.95. The third kappa shape index (κ3) is 5.19. The minimum Gasteiger partial charge on any atom is -0.480 e. The Morgan fingerprint density at radius 3 is 2.48 bits per heavy atom. The molecule has 1 saturated heterocycles. The lowest BCUT2D eigenvalue weighted by molar-refractivity contribution is -0.144. The van der Waals surface area contributed by atoms with Crippen LogP contribution in [-0.4, -0.2) is 78.1 Å². The van der Waals surface area contributed by atoms with Crippen LogP contribution in [0.15, 0.2) is 0 Å². The molecule has 0 aromatic carbocycles. The molecule has 2 amide bonds. The molecule has 6 heteroatoms. The summed E-state index contributed by atoms with van der Waals surface area (Å²) in [6.45, 7) is 6.74. The highest BCUT2D eigenvalue weighted by Crippen LogP contribution is 2.24. The van der Waals surface area contributed by atoms with Crippen LogP contribution < -0.4 is 0 Å². The van der Waals surface area contributed by atoms with Crippen LogP contribution in [0.3, 0.4) is 0 Å². The highest BCUT2D eigenvalue weighted by molar-refractivity contribution is 5.83. The third-order valence-electron chi connectivity index (χ3n) is 4.08. The zero-order valence-electron chi connectivity index (χ0n) is 13.7. The zero-order valence-corrected chi connectivity index (χ0v) is 13.7. The van der Waals surface area contributed by atoms with E-state index in [-0.39, 0.29) is 6.03 Å². The number of carboxylic acid groups (broad SMARTS) is 1. The van der Waals surface area contributed by atoms with Crippen LogP contribution in [0.1, 0.15) is 33.1 Å². The minimum absolute atomic E-state index is 0.129. The number of hydrogen-bond donors (Lipinski definition) is 1. The molecule has 0 radical (unpaired) electrons. The van der Waals surface area contributed by atoms with Gasteiger partial charge in [-0.15, -0.1) is 0 Å². The van der Waals surface area contributed by atoms with Gasteiger partial charge in [0.25, 0.3) is 0 Å². The number of likely N-dealkylation sites (tertiary alicyclic amines) is 1. The summed E-state index contributed by atoms with van der Waals surface area (Å²) in [5.74, 6) is -0.529. The third-order valence-corrected chi connectivity index (χ3v) is 4.08. The zero-order chi connectivity index (χ0) is 16.0. The van der Waals surface area contributed by atoms with Crippen molar-refractivity contribution in [2.24, 2.45) is 5.92 Å². The summed E-state index contributed by atoms with van der Waals surface area (Å²) < 4.78 is 0. The van der Waals surface area contributed by atoms with E-state index < -0.39 is 12.0 Å². The summed E-state index contributed by atoms with van der Waals surface area (Å²) in [5.41, 5.74) is 0. The van der Waals surface area contributed by atoms with Crippen molar-refractivity contribution in [1.29, 1.82) is 0 Å². The first-order valence-corrected chi connectivity index (χ1v) is 7.79. The molecule has 1 aliphatic heterocycles. The minimum atomic E-state index is -0.890. The van der Waals surface area contributed by atoms with Crippen molar-refractivity contribution in [2.45, 2.75) is 39.2 Å². The maximum atomic E-state index is 12.6. The highest BCUT2D eigenvalue weighted by Gasteiger charge is 2.36. The van der Waals surface area contributed by atoms with E-state index in [1.165, 1.54) is 0 Å². The van der Waals surface area contributed by atoms with E-state index in [4.69, 9.17) is 0 Å². The van der Waals surface area contributed by atoms with Crippen molar-refractivity contribution in [3.63, 3.8) is 0 Å². The quantitative estimate of drug-likeness (QED) is 0.808. The molecule has 0 aromatic heterocycles. The van der Waals surface area contributed by atoms with Gasteiger partial charge in [0.15, 0.2) is 0 Å². The molecule has 6 nitrogen and oxygen atoms in total. The first-order chi connectivity index (χ1) is 9.86. The van der Waals surface area contributed by atoms with Crippen molar-refractivity contribution in [1.82, 2.24) is 14.7 Å². The number of nitrogens with zero attached hydrogens (tertiary/aromatic N) is 3. The summed E-state index contributed by atoms with van der Waals surface area (Å²) in [6, 6.07) is -0.806. The molecule has 1 aliphatic rings. The smallest absolute Gasteiger partial charge is 0.326 e. The fourth-order valence-electron chi connectivity index (χ4n) is 2.75. The molecule has 0 saturated carbocycles. The van der Waals surface area contributed by atoms with Crippen LogP contribution in [0.4, 0.5) is 4.79 Å². The van der Waals surface area contributed by atoms with Gasteiger partial charge in [-0.25, -0.2) is 9.59 Å². The molecule has 0 aromatic rings. The largest absolute Gasteiger partial charge is 0.480 e. The van der Waals surface area contributed by atoms with Gasteiger partial charge in [-0.1, -0.05) is 6.92 Å². The van der Waals surface area contributed by atoms with E-state index in [1.807, 2.05) is 27.9 Å². The molecule has 1 N–H and O–H groups in total. The lowest BCUT2D eigenvalue weighted by Gasteiger charge is -2.39. The van der Waals surface area contributed by atoms with Crippen LogP contribution >= 0.6 is 0 Å². The van der Waals surface area contributed by atoms with E-state index in [0.717, 1.165) is 19.4 Å². The second-order valence-electron chi connectivity index (χ2n) is 6.20. The second kappa shape index (κ2) is 8.22. The van der Waals surface area contributed by atoms with Crippen molar-refractivity contribution in [3.8, 4) is 0 Å². The van der Waals surface area contributed by atoms with Crippen LogP contribution in [0.5, 0.6) is 0 Å². The highest BCUT2D eigenvalue weighted by atomic mass is 16.4. The molecule has 0 bridgehead atoms. The Balaban J connectivity index is 2.66. The lowest BCUT2D eigenvalue weighted by atomic mass is 9.92. The van der Waals surface area contributed by atoms with E-state index >= 15 is 0 Å². The SMILES string of the molecule is CCN(CCCN(C)C)C(=O)N1CCC(C)CC1C(=O)O. The van der Waals surface area contributed by atoms with Crippen LogP contribution in [0.25, 0.3) is 0 Å². The predicted octanol–water partition coefficient (Wildman–Crippen LogP) is 1.57. The van der Waals surface area contributed by atoms with Gasteiger partial charge in [0.1, 0.15) is 6.04 Å². The molecule has 2 unspecified atom stereocenters. The van der Waals surface area contributed by atoms with Crippen molar-refractivity contribution in [2.75, 3.05) is 40.3 Å². The van der Waals surface area contributed by atoms with E-state index in [1.54, 1.807) is 9.80 Å². The number of aliphatic carboxylic acids is 1. The van der Waals surface area contributed by atoms with Gasteiger partial charge in [-0.2, -0.15) is 0 Å². The van der Waals surface area contributed by atoms with E-state index in [0.29, 0.717) is 32.0 Å². The fourth-order valence-corrected chi connectivity index (χ4v) is 2.75. The number of amides is 2. The molecule has 0 aliphatic carbocycles. The maximum absolute atomic E-state index is 12.6. The number of carbonyl (C=O) groups is 2. The predicted molar refractivity (Wildman–Crippen MR) is 82.3 cm³/mol. The topological polar surface area (TPSA) is 64.1 Å². The number of piperidine rings is 1. The van der Waals surface area contributed by atoms with Gasteiger partial charge < -0.3 is 19.8 Å². The molecule has 21 heavy (non-hydrogen) atoms. The summed E-state index contributed by atoms with van der Waals surface area (Å²) in [4.78, 5) is 29.4. The Hall–Kier alpha value is -1.30. The summed E-state index contributed by atoms with van der Waals surface area (Å²) >= 11 is 0. The lowest BCUT2D eigenvalue weighted by Crippen LogP contribution is -2.54. The summed E-state index contributed by atoms with van der Waals surface area (Å²) in [7, 11) is 4.01. The van der Waals surface area contributed by atoms with Gasteiger partial charge >= 0.3 is 12.0 Å². The normalized spacial score (nSPS) is 22.4. The molecule has 122 valence electrons. The molecule has 1 rings (SSSR count). The average molecular weight is 299 g/mol. The van der Waals surface area contributed by atoms with E-state index in [9.17, 15) is 14.7 Å². The average Bonchev–Trinajstić information content (AvgIpc) is 2.42. The summed E-state index contributed by atoms with van der Waals surface area (Å²) in [5, 5.41) is 9.36. The fraction of sp³-hybridized carbons (Fsp3) is 0.867. The van der Waals surface area contributed by atoms with Crippen molar-refractivity contribution in [3.05, 3.63) is 0 Å². The molecular weight excluding hydrogens is 270 g/mol. The Bertz CT molecular complexity index is 360. The maximum Gasteiger partial charge on any atom is 0.326 e. The Labute approximate surface area is 127 Å². The van der Waals surface area contributed by atoms with Gasteiger partial charge in [-0.05, 0) is 52.7 Å². The van der Waals surface area contributed by atoms with Gasteiger partial charge in [0.2, 0.25) is 0 Å². The Morgan fingerprint density at radius 1 is 1.29 bits per heavy atom. The Morgan fingerprint density at radius 2 is 1.95 bits per heavy atom. The molecular formula is C15H29N3O3.